The number of nitrogens with one attached hydrogen (secondary N) is 1. The minimum atomic E-state index is 0.143. The summed E-state index contributed by atoms with van der Waals surface area (Å²) in [6, 6.07) is 14.3. The second-order valence-electron chi connectivity index (χ2n) is 7.41. The lowest BCUT2D eigenvalue weighted by Crippen LogP contribution is -2.46. The first-order valence-electron chi connectivity index (χ1n) is 9.50. The first-order chi connectivity index (χ1) is 13.2. The molecule has 3 aromatic rings. The Morgan fingerprint density at radius 3 is 2.93 bits per heavy atom. The Bertz CT molecular complexity index is 1040. The molecule has 27 heavy (non-hydrogen) atoms. The van der Waals surface area contributed by atoms with Gasteiger partial charge >= 0.3 is 0 Å². The van der Waals surface area contributed by atoms with Crippen LogP contribution in [0.2, 0.25) is 0 Å². The third kappa shape index (κ3) is 2.66. The molecule has 0 radical (unpaired) electrons. The Morgan fingerprint density at radius 2 is 2.07 bits per heavy atom. The van der Waals surface area contributed by atoms with Crippen molar-refractivity contribution in [3.63, 3.8) is 0 Å². The number of nitrogen functional groups attached to an aromatic ring is 1. The highest BCUT2D eigenvalue weighted by atomic mass is 16.2. The van der Waals surface area contributed by atoms with E-state index in [9.17, 15) is 4.79 Å². The van der Waals surface area contributed by atoms with E-state index >= 15 is 0 Å². The van der Waals surface area contributed by atoms with E-state index in [0.717, 1.165) is 59.1 Å². The number of aromatic nitrogens is 1. The number of anilines is 1. The van der Waals surface area contributed by atoms with Crippen LogP contribution in [0.4, 0.5) is 5.69 Å². The molecule has 2 aliphatic rings. The van der Waals surface area contributed by atoms with Crippen molar-refractivity contribution in [2.24, 2.45) is 0 Å². The van der Waals surface area contributed by atoms with Crippen molar-refractivity contribution >= 4 is 22.4 Å². The van der Waals surface area contributed by atoms with Crippen molar-refractivity contribution in [3.05, 3.63) is 59.8 Å². The molecule has 1 unspecified atom stereocenters. The van der Waals surface area contributed by atoms with Gasteiger partial charge in [-0.05, 0) is 37.1 Å². The van der Waals surface area contributed by atoms with E-state index in [-0.39, 0.29) is 11.9 Å². The molecule has 5 nitrogen and oxygen atoms in total. The third-order valence-corrected chi connectivity index (χ3v) is 5.76. The predicted octanol–water partition coefficient (Wildman–Crippen LogP) is 3.19. The number of fused-ring (bicyclic) bond motifs is 2. The average Bonchev–Trinajstić information content (AvgIpc) is 3.05. The normalized spacial score (nSPS) is 19.5. The highest BCUT2D eigenvalue weighted by molar-refractivity contribution is 6.01. The molecule has 5 heteroatoms. The summed E-state index contributed by atoms with van der Waals surface area (Å²) in [7, 11) is 0. The number of benzene rings is 2. The molecule has 0 saturated carbocycles. The SMILES string of the molecule is Nc1c(-c2ccc3c(c2)CN(C2CCCNC2)C3=O)ncc2ccccc12. The van der Waals surface area contributed by atoms with Crippen molar-refractivity contribution in [1.29, 1.82) is 0 Å². The van der Waals surface area contributed by atoms with Gasteiger partial charge in [0, 0.05) is 47.2 Å². The molecule has 0 spiro atoms. The number of piperidine rings is 1. The zero-order chi connectivity index (χ0) is 18.4. The summed E-state index contributed by atoms with van der Waals surface area (Å²) in [4.78, 5) is 19.5. The summed E-state index contributed by atoms with van der Waals surface area (Å²) in [5.74, 6) is 0.143. The van der Waals surface area contributed by atoms with Crippen molar-refractivity contribution in [2.45, 2.75) is 25.4 Å². The summed E-state index contributed by atoms with van der Waals surface area (Å²) in [5.41, 5.74) is 10.7. The minimum Gasteiger partial charge on any atom is -0.396 e. The topological polar surface area (TPSA) is 71.2 Å². The lowest BCUT2D eigenvalue weighted by Gasteiger charge is -2.31. The molecule has 1 saturated heterocycles. The number of amides is 1. The summed E-state index contributed by atoms with van der Waals surface area (Å²) in [6.45, 7) is 2.59. The standard InChI is InChI=1S/C22H22N4O/c23-20-18-6-2-1-4-15(18)11-25-21(20)14-7-8-19-16(10-14)13-26(22(19)27)17-5-3-9-24-12-17/h1-2,4,6-8,10-11,17,24H,3,5,9,12-13,23H2. The molecule has 136 valence electrons. The smallest absolute Gasteiger partial charge is 0.254 e. The number of pyridine rings is 1. The Morgan fingerprint density at radius 1 is 1.19 bits per heavy atom. The van der Waals surface area contributed by atoms with Crippen LogP contribution in [0.1, 0.15) is 28.8 Å². The number of rotatable bonds is 2. The van der Waals surface area contributed by atoms with E-state index in [1.165, 1.54) is 0 Å². The monoisotopic (exact) mass is 358 g/mol. The molecular formula is C22H22N4O. The minimum absolute atomic E-state index is 0.143. The van der Waals surface area contributed by atoms with Crippen LogP contribution in [0.25, 0.3) is 22.0 Å². The Balaban J connectivity index is 1.51. The van der Waals surface area contributed by atoms with Crippen LogP contribution in [0, 0.1) is 0 Å². The van der Waals surface area contributed by atoms with Gasteiger partial charge < -0.3 is 16.0 Å². The van der Waals surface area contributed by atoms with E-state index in [1.54, 1.807) is 0 Å². The molecule has 2 aromatic carbocycles. The molecule has 3 heterocycles. The molecule has 3 N–H and O–H groups in total. The lowest BCUT2D eigenvalue weighted by molar-refractivity contribution is 0.0674. The van der Waals surface area contributed by atoms with Gasteiger partial charge in [0.2, 0.25) is 0 Å². The summed E-state index contributed by atoms with van der Waals surface area (Å²) >= 11 is 0. The highest BCUT2D eigenvalue weighted by Crippen LogP contribution is 2.34. The van der Waals surface area contributed by atoms with Gasteiger partial charge in [-0.25, -0.2) is 0 Å². The van der Waals surface area contributed by atoms with E-state index in [2.05, 4.69) is 16.4 Å². The second kappa shape index (κ2) is 6.35. The van der Waals surface area contributed by atoms with E-state index in [1.807, 2.05) is 47.5 Å². The maximum absolute atomic E-state index is 12.8. The number of carbonyl (C=O) groups excluding carboxylic acids is 1. The Labute approximate surface area is 158 Å². The van der Waals surface area contributed by atoms with Gasteiger partial charge in [0.05, 0.1) is 11.4 Å². The highest BCUT2D eigenvalue weighted by Gasteiger charge is 2.33. The summed E-state index contributed by atoms with van der Waals surface area (Å²) in [5, 5.41) is 5.44. The van der Waals surface area contributed by atoms with E-state index in [4.69, 9.17) is 5.73 Å². The van der Waals surface area contributed by atoms with E-state index < -0.39 is 0 Å². The van der Waals surface area contributed by atoms with Crippen molar-refractivity contribution < 1.29 is 4.79 Å². The number of carbonyl (C=O) groups is 1. The average molecular weight is 358 g/mol. The van der Waals surface area contributed by atoms with Crippen molar-refractivity contribution in [3.8, 4) is 11.3 Å². The van der Waals surface area contributed by atoms with Crippen molar-refractivity contribution in [1.82, 2.24) is 15.2 Å². The Hall–Kier alpha value is -2.92. The zero-order valence-corrected chi connectivity index (χ0v) is 15.1. The van der Waals surface area contributed by atoms with Crippen LogP contribution >= 0.6 is 0 Å². The quantitative estimate of drug-likeness (QED) is 0.738. The first-order valence-corrected chi connectivity index (χ1v) is 9.50. The lowest BCUT2D eigenvalue weighted by atomic mass is 10.0. The van der Waals surface area contributed by atoms with Gasteiger partial charge in [0.1, 0.15) is 0 Å². The molecule has 1 amide bonds. The van der Waals surface area contributed by atoms with Gasteiger partial charge in [-0.3, -0.25) is 9.78 Å². The molecule has 1 aromatic heterocycles. The fourth-order valence-electron chi connectivity index (χ4n) is 4.30. The maximum Gasteiger partial charge on any atom is 0.254 e. The fraction of sp³-hybridized carbons (Fsp3) is 0.273. The molecule has 0 bridgehead atoms. The van der Waals surface area contributed by atoms with Gasteiger partial charge in [0.15, 0.2) is 0 Å². The number of hydrogen-bond acceptors (Lipinski definition) is 4. The first kappa shape index (κ1) is 16.3. The molecule has 5 rings (SSSR count). The van der Waals surface area contributed by atoms with Crippen LogP contribution in [-0.2, 0) is 6.54 Å². The number of hydrogen-bond donors (Lipinski definition) is 2. The van der Waals surface area contributed by atoms with Crippen LogP contribution in [-0.4, -0.2) is 34.9 Å². The Kier molecular flexibility index (Phi) is 3.83. The summed E-state index contributed by atoms with van der Waals surface area (Å²) in [6.07, 6.45) is 4.05. The predicted molar refractivity (Wildman–Crippen MR) is 107 cm³/mol. The van der Waals surface area contributed by atoms with Gasteiger partial charge in [-0.15, -0.1) is 0 Å². The summed E-state index contributed by atoms with van der Waals surface area (Å²) < 4.78 is 0. The van der Waals surface area contributed by atoms with Gasteiger partial charge in [-0.2, -0.15) is 0 Å². The van der Waals surface area contributed by atoms with Crippen LogP contribution in [0.3, 0.4) is 0 Å². The number of nitrogens with two attached hydrogens (primary N) is 1. The van der Waals surface area contributed by atoms with Gasteiger partial charge in [0.25, 0.3) is 5.91 Å². The molecule has 0 aliphatic carbocycles. The van der Waals surface area contributed by atoms with Crippen LogP contribution < -0.4 is 11.1 Å². The van der Waals surface area contributed by atoms with Crippen molar-refractivity contribution in [2.75, 3.05) is 18.8 Å². The molecule has 1 atom stereocenters. The fourth-order valence-corrected chi connectivity index (χ4v) is 4.30. The van der Waals surface area contributed by atoms with Gasteiger partial charge in [-0.1, -0.05) is 30.3 Å². The van der Waals surface area contributed by atoms with E-state index in [0.29, 0.717) is 12.2 Å². The zero-order valence-electron chi connectivity index (χ0n) is 15.1. The van der Waals surface area contributed by atoms with Crippen LogP contribution in [0.5, 0.6) is 0 Å². The number of nitrogens with zero attached hydrogens (tertiary/aromatic N) is 2. The molecule has 1 fully saturated rings. The molecule has 2 aliphatic heterocycles. The maximum atomic E-state index is 12.8. The largest absolute Gasteiger partial charge is 0.396 e. The van der Waals surface area contributed by atoms with Crippen LogP contribution in [0.15, 0.2) is 48.7 Å². The molecular weight excluding hydrogens is 336 g/mol. The third-order valence-electron chi connectivity index (χ3n) is 5.76. The second-order valence-corrected chi connectivity index (χ2v) is 7.41.